The van der Waals surface area contributed by atoms with Gasteiger partial charge in [-0.1, -0.05) is 0 Å². The lowest BCUT2D eigenvalue weighted by molar-refractivity contribution is -0.384. The van der Waals surface area contributed by atoms with E-state index in [1.165, 1.54) is 55.5 Å². The second-order valence-corrected chi connectivity index (χ2v) is 6.31. The van der Waals surface area contributed by atoms with Gasteiger partial charge in [0.15, 0.2) is 11.9 Å². The summed E-state index contributed by atoms with van der Waals surface area (Å²) in [5, 5.41) is 18.4. The summed E-state index contributed by atoms with van der Waals surface area (Å²) in [6.07, 6.45) is -1.10. The van der Waals surface area contributed by atoms with Crippen LogP contribution in [-0.4, -0.2) is 26.9 Å². The first kappa shape index (κ1) is 20.8. The summed E-state index contributed by atoms with van der Waals surface area (Å²) in [5.41, 5.74) is 0.709. The molecule has 0 aliphatic heterocycles. The van der Waals surface area contributed by atoms with Gasteiger partial charge in [0, 0.05) is 29.7 Å². The predicted molar refractivity (Wildman–Crippen MR) is 101 cm³/mol. The number of nitro groups is 1. The number of nitro benzene ring substituents is 1. The fourth-order valence-corrected chi connectivity index (χ4v) is 2.54. The minimum Gasteiger partial charge on any atom is -0.453 e. The van der Waals surface area contributed by atoms with Crippen LogP contribution < -0.4 is 0 Å². The Kier molecular flexibility index (Phi) is 6.26. The number of hydrogen-bond donors (Lipinski definition) is 0. The number of rotatable bonds is 8. The average molecular weight is 413 g/mol. The Balaban J connectivity index is 1.54. The third kappa shape index (κ3) is 5.10. The van der Waals surface area contributed by atoms with E-state index in [-0.39, 0.29) is 36.1 Å². The van der Waals surface area contributed by atoms with E-state index in [0.29, 0.717) is 11.1 Å². The molecule has 9 nitrogen and oxygen atoms in total. The molecule has 1 atom stereocenters. The first-order chi connectivity index (χ1) is 14.3. The standard InChI is InChI=1S/C20H16FN3O6/c1-12(29-18(26)11-10-17(25)13-2-6-15(21)7-3-13)19-22-23-20(30-19)14-4-8-16(9-5-14)24(27)28/h2-9,12H,10-11H2,1H3/t12-/m1/s1. The van der Waals surface area contributed by atoms with Gasteiger partial charge in [0.25, 0.3) is 11.6 Å². The van der Waals surface area contributed by atoms with Gasteiger partial charge in [0.2, 0.25) is 5.89 Å². The Labute approximate surface area is 169 Å². The van der Waals surface area contributed by atoms with Gasteiger partial charge in [-0.3, -0.25) is 19.7 Å². The summed E-state index contributed by atoms with van der Waals surface area (Å²) in [5.74, 6) is -1.23. The van der Waals surface area contributed by atoms with Crippen LogP contribution in [0.25, 0.3) is 11.5 Å². The quantitative estimate of drug-likeness (QED) is 0.234. The lowest BCUT2D eigenvalue weighted by atomic mass is 10.1. The molecule has 30 heavy (non-hydrogen) atoms. The van der Waals surface area contributed by atoms with E-state index in [1.54, 1.807) is 0 Å². The summed E-state index contributed by atoms with van der Waals surface area (Å²) in [4.78, 5) is 34.2. The molecule has 0 aliphatic rings. The van der Waals surface area contributed by atoms with Gasteiger partial charge in [-0.25, -0.2) is 4.39 Å². The number of ether oxygens (including phenoxy) is 1. The Morgan fingerprint density at radius 3 is 2.40 bits per heavy atom. The molecule has 3 aromatic rings. The van der Waals surface area contributed by atoms with Crippen LogP contribution in [0.4, 0.5) is 10.1 Å². The number of benzene rings is 2. The first-order valence-electron chi connectivity index (χ1n) is 8.90. The smallest absolute Gasteiger partial charge is 0.307 e. The van der Waals surface area contributed by atoms with E-state index < -0.39 is 22.8 Å². The van der Waals surface area contributed by atoms with E-state index in [4.69, 9.17) is 9.15 Å². The molecule has 0 saturated carbocycles. The number of carbonyl (C=O) groups excluding carboxylic acids is 2. The highest BCUT2D eigenvalue weighted by Crippen LogP contribution is 2.24. The van der Waals surface area contributed by atoms with Crippen molar-refractivity contribution in [3.8, 4) is 11.5 Å². The highest BCUT2D eigenvalue weighted by Gasteiger charge is 2.20. The van der Waals surface area contributed by atoms with E-state index >= 15 is 0 Å². The number of nitrogens with zero attached hydrogens (tertiary/aromatic N) is 3. The molecule has 10 heteroatoms. The zero-order chi connectivity index (χ0) is 21.7. The van der Waals surface area contributed by atoms with Crippen LogP contribution in [0.2, 0.25) is 0 Å². The van der Waals surface area contributed by atoms with Crippen molar-refractivity contribution < 1.29 is 28.1 Å². The fourth-order valence-electron chi connectivity index (χ4n) is 2.54. The number of ketones is 1. The molecule has 3 rings (SSSR count). The summed E-state index contributed by atoms with van der Waals surface area (Å²) in [6.45, 7) is 1.53. The number of esters is 1. The van der Waals surface area contributed by atoms with Crippen molar-refractivity contribution in [2.24, 2.45) is 0 Å². The van der Waals surface area contributed by atoms with Gasteiger partial charge in [-0.05, 0) is 43.3 Å². The average Bonchev–Trinajstić information content (AvgIpc) is 3.23. The summed E-state index contributed by atoms with van der Waals surface area (Å²) in [6, 6.07) is 10.6. The number of hydrogen-bond acceptors (Lipinski definition) is 8. The number of carbonyl (C=O) groups is 2. The van der Waals surface area contributed by atoms with Gasteiger partial charge < -0.3 is 9.15 Å². The summed E-state index contributed by atoms with van der Waals surface area (Å²) in [7, 11) is 0. The molecule has 0 N–H and O–H groups in total. The minimum absolute atomic E-state index is 0.0431. The van der Waals surface area contributed by atoms with Gasteiger partial charge in [-0.2, -0.15) is 0 Å². The molecule has 1 aromatic heterocycles. The Morgan fingerprint density at radius 2 is 1.77 bits per heavy atom. The molecule has 154 valence electrons. The molecular formula is C20H16FN3O6. The van der Waals surface area contributed by atoms with Crippen LogP contribution in [0.3, 0.4) is 0 Å². The van der Waals surface area contributed by atoms with Gasteiger partial charge in [0.05, 0.1) is 11.3 Å². The van der Waals surface area contributed by atoms with Crippen LogP contribution in [0, 0.1) is 15.9 Å². The van der Waals surface area contributed by atoms with Crippen LogP contribution in [0.15, 0.2) is 52.9 Å². The zero-order valence-electron chi connectivity index (χ0n) is 15.8. The lowest BCUT2D eigenvalue weighted by Gasteiger charge is -2.09. The number of Topliss-reactive ketones (excluding diaryl/α,β-unsaturated/α-hetero) is 1. The van der Waals surface area contributed by atoms with E-state index in [0.717, 1.165) is 0 Å². The van der Waals surface area contributed by atoms with E-state index in [2.05, 4.69) is 10.2 Å². The number of halogens is 1. The molecule has 0 radical (unpaired) electrons. The maximum Gasteiger partial charge on any atom is 0.307 e. The van der Waals surface area contributed by atoms with Gasteiger partial charge in [0.1, 0.15) is 5.82 Å². The van der Waals surface area contributed by atoms with Crippen molar-refractivity contribution in [2.45, 2.75) is 25.9 Å². The molecule has 0 bridgehead atoms. The second-order valence-electron chi connectivity index (χ2n) is 6.31. The second kappa shape index (κ2) is 9.03. The van der Waals surface area contributed by atoms with Crippen molar-refractivity contribution in [1.29, 1.82) is 0 Å². The van der Waals surface area contributed by atoms with E-state index in [9.17, 15) is 24.1 Å². The molecular weight excluding hydrogens is 397 g/mol. The zero-order valence-corrected chi connectivity index (χ0v) is 15.8. The Morgan fingerprint density at radius 1 is 1.10 bits per heavy atom. The topological polar surface area (TPSA) is 125 Å². The maximum atomic E-state index is 12.9. The van der Waals surface area contributed by atoms with Crippen molar-refractivity contribution in [1.82, 2.24) is 10.2 Å². The van der Waals surface area contributed by atoms with Crippen LogP contribution in [0.1, 0.15) is 42.1 Å². The SMILES string of the molecule is C[C@@H](OC(=O)CCC(=O)c1ccc(F)cc1)c1nnc(-c2ccc([N+](=O)[O-])cc2)o1. The van der Waals surface area contributed by atoms with Gasteiger partial charge >= 0.3 is 5.97 Å². The maximum absolute atomic E-state index is 12.9. The van der Waals surface area contributed by atoms with Crippen LogP contribution in [-0.2, 0) is 9.53 Å². The Hall–Kier alpha value is -3.95. The molecule has 0 fully saturated rings. The number of aromatic nitrogens is 2. The Bertz CT molecular complexity index is 1060. The highest BCUT2D eigenvalue weighted by molar-refractivity contribution is 5.97. The monoisotopic (exact) mass is 413 g/mol. The van der Waals surface area contributed by atoms with Crippen molar-refractivity contribution in [3.63, 3.8) is 0 Å². The molecule has 0 aliphatic carbocycles. The van der Waals surface area contributed by atoms with Gasteiger partial charge in [-0.15, -0.1) is 10.2 Å². The molecule has 0 saturated heterocycles. The van der Waals surface area contributed by atoms with Crippen molar-refractivity contribution >= 4 is 17.4 Å². The van der Waals surface area contributed by atoms with Crippen LogP contribution >= 0.6 is 0 Å². The third-order valence-corrected chi connectivity index (χ3v) is 4.14. The molecule has 2 aromatic carbocycles. The van der Waals surface area contributed by atoms with Crippen molar-refractivity contribution in [3.05, 3.63) is 75.9 Å². The van der Waals surface area contributed by atoms with E-state index in [1.807, 2.05) is 0 Å². The third-order valence-electron chi connectivity index (χ3n) is 4.14. The largest absolute Gasteiger partial charge is 0.453 e. The lowest BCUT2D eigenvalue weighted by Crippen LogP contribution is -2.11. The van der Waals surface area contributed by atoms with Crippen molar-refractivity contribution in [2.75, 3.05) is 0 Å². The molecule has 0 unspecified atom stereocenters. The molecule has 0 amide bonds. The highest BCUT2D eigenvalue weighted by atomic mass is 19.1. The number of non-ortho nitro benzene ring substituents is 1. The molecule has 1 heterocycles. The summed E-state index contributed by atoms with van der Waals surface area (Å²) >= 11 is 0. The molecule has 0 spiro atoms. The summed E-state index contributed by atoms with van der Waals surface area (Å²) < 4.78 is 23.6. The fraction of sp³-hybridized carbons (Fsp3) is 0.200. The predicted octanol–water partition coefficient (Wildman–Crippen LogP) is 4.05. The minimum atomic E-state index is -0.849. The first-order valence-corrected chi connectivity index (χ1v) is 8.90. The normalized spacial score (nSPS) is 11.7. The van der Waals surface area contributed by atoms with Crippen LogP contribution in [0.5, 0.6) is 0 Å².